The third-order valence-corrected chi connectivity index (χ3v) is 6.82. The standard InChI is InChI=1S/C23H30O4/c1-3-20(14-25-2)26-15-27-22-5-4-16(13-24)9-21(22)23-10-17-6-18(11-23)8-19(7-17)12-23/h1,4-5,9,17-20,24H,6-8,10-15H2,2H3. The average Bonchev–Trinajstić information content (AvgIpc) is 2.66. The van der Waals surface area contributed by atoms with Crippen LogP contribution in [0.2, 0.25) is 0 Å². The molecule has 4 bridgehead atoms. The molecule has 1 N–H and O–H groups in total. The van der Waals surface area contributed by atoms with Gasteiger partial charge in [-0.1, -0.05) is 12.0 Å². The van der Waals surface area contributed by atoms with Gasteiger partial charge in [0.25, 0.3) is 0 Å². The van der Waals surface area contributed by atoms with Crippen LogP contribution in [0.4, 0.5) is 0 Å². The molecule has 1 aromatic rings. The lowest BCUT2D eigenvalue weighted by atomic mass is 9.48. The minimum Gasteiger partial charge on any atom is -0.467 e. The van der Waals surface area contributed by atoms with Gasteiger partial charge in [-0.2, -0.15) is 0 Å². The Morgan fingerprint density at radius 2 is 1.85 bits per heavy atom. The zero-order valence-corrected chi connectivity index (χ0v) is 16.2. The van der Waals surface area contributed by atoms with Crippen LogP contribution in [0.1, 0.15) is 49.7 Å². The molecule has 4 saturated carbocycles. The number of hydrogen-bond donors (Lipinski definition) is 1. The maximum absolute atomic E-state index is 9.67. The van der Waals surface area contributed by atoms with Crippen LogP contribution in [0.3, 0.4) is 0 Å². The summed E-state index contributed by atoms with van der Waals surface area (Å²) in [5.74, 6) is 6.00. The fourth-order valence-electron chi connectivity index (χ4n) is 6.13. The maximum atomic E-state index is 9.67. The topological polar surface area (TPSA) is 47.9 Å². The second kappa shape index (κ2) is 7.83. The zero-order chi connectivity index (χ0) is 18.9. The van der Waals surface area contributed by atoms with Gasteiger partial charge < -0.3 is 19.3 Å². The van der Waals surface area contributed by atoms with E-state index in [0.717, 1.165) is 29.1 Å². The van der Waals surface area contributed by atoms with Crippen molar-refractivity contribution in [3.05, 3.63) is 29.3 Å². The van der Waals surface area contributed by atoms with Gasteiger partial charge in [-0.05, 0) is 79.4 Å². The number of methoxy groups -OCH3 is 1. The van der Waals surface area contributed by atoms with Crippen molar-refractivity contribution < 1.29 is 19.3 Å². The lowest BCUT2D eigenvalue weighted by molar-refractivity contribution is -0.0422. The molecular formula is C23H30O4. The predicted molar refractivity (Wildman–Crippen MR) is 103 cm³/mol. The minimum absolute atomic E-state index is 0.0587. The summed E-state index contributed by atoms with van der Waals surface area (Å²) < 4.78 is 16.7. The van der Waals surface area contributed by atoms with Crippen LogP contribution in [0, 0.1) is 30.1 Å². The molecule has 4 fully saturated rings. The van der Waals surface area contributed by atoms with E-state index in [1.165, 1.54) is 44.1 Å². The molecule has 1 aromatic carbocycles. The molecule has 1 atom stereocenters. The quantitative estimate of drug-likeness (QED) is 0.561. The monoisotopic (exact) mass is 370 g/mol. The first-order valence-electron chi connectivity index (χ1n) is 10.1. The van der Waals surface area contributed by atoms with Gasteiger partial charge in [-0.15, -0.1) is 6.42 Å². The largest absolute Gasteiger partial charge is 0.467 e. The average molecular weight is 370 g/mol. The molecule has 4 aliphatic rings. The molecule has 5 rings (SSSR count). The summed E-state index contributed by atoms with van der Waals surface area (Å²) in [6.45, 7) is 0.518. The molecular weight excluding hydrogens is 340 g/mol. The molecule has 4 aliphatic carbocycles. The van der Waals surface area contributed by atoms with Crippen molar-refractivity contribution in [1.82, 2.24) is 0 Å². The van der Waals surface area contributed by atoms with Gasteiger partial charge >= 0.3 is 0 Å². The number of benzene rings is 1. The maximum Gasteiger partial charge on any atom is 0.190 e. The summed E-state index contributed by atoms with van der Waals surface area (Å²) >= 11 is 0. The molecule has 4 nitrogen and oxygen atoms in total. The number of hydrogen-bond acceptors (Lipinski definition) is 4. The van der Waals surface area contributed by atoms with E-state index in [1.54, 1.807) is 7.11 Å². The van der Waals surface area contributed by atoms with Crippen molar-refractivity contribution in [3.63, 3.8) is 0 Å². The van der Waals surface area contributed by atoms with Gasteiger partial charge in [0.1, 0.15) is 11.9 Å². The molecule has 146 valence electrons. The summed E-state index contributed by atoms with van der Waals surface area (Å²) in [7, 11) is 1.60. The normalized spacial score (nSPS) is 32.3. The first-order chi connectivity index (χ1) is 13.2. The fraction of sp³-hybridized carbons (Fsp3) is 0.652. The summed E-state index contributed by atoms with van der Waals surface area (Å²) in [5.41, 5.74) is 2.42. The Balaban J connectivity index is 1.56. The second-order valence-corrected chi connectivity index (χ2v) is 8.73. The lowest BCUT2D eigenvalue weighted by Gasteiger charge is -2.57. The van der Waals surface area contributed by atoms with Crippen LogP contribution in [-0.4, -0.2) is 31.7 Å². The Morgan fingerprint density at radius 3 is 2.41 bits per heavy atom. The molecule has 0 radical (unpaired) electrons. The molecule has 0 heterocycles. The molecule has 1 unspecified atom stereocenters. The van der Waals surface area contributed by atoms with Gasteiger partial charge in [0, 0.05) is 12.7 Å². The number of ether oxygens (including phenoxy) is 3. The highest BCUT2D eigenvalue weighted by Crippen LogP contribution is 2.61. The highest BCUT2D eigenvalue weighted by Gasteiger charge is 2.52. The first kappa shape index (κ1) is 18.8. The van der Waals surface area contributed by atoms with Gasteiger partial charge in [0.2, 0.25) is 0 Å². The Labute approximate surface area is 162 Å². The van der Waals surface area contributed by atoms with E-state index in [0.29, 0.717) is 6.61 Å². The van der Waals surface area contributed by atoms with Crippen LogP contribution in [0.15, 0.2) is 18.2 Å². The van der Waals surface area contributed by atoms with E-state index in [4.69, 9.17) is 20.6 Å². The Bertz CT molecular complexity index is 670. The zero-order valence-electron chi connectivity index (χ0n) is 16.2. The summed E-state index contributed by atoms with van der Waals surface area (Å²) in [5, 5.41) is 9.67. The van der Waals surface area contributed by atoms with E-state index in [-0.39, 0.29) is 18.8 Å². The highest BCUT2D eigenvalue weighted by molar-refractivity contribution is 5.44. The third kappa shape index (κ3) is 3.74. The minimum atomic E-state index is -0.408. The van der Waals surface area contributed by atoms with Crippen molar-refractivity contribution in [2.24, 2.45) is 17.8 Å². The highest BCUT2D eigenvalue weighted by atomic mass is 16.7. The smallest absolute Gasteiger partial charge is 0.190 e. The summed E-state index contributed by atoms with van der Waals surface area (Å²) in [4.78, 5) is 0. The number of terminal acetylenes is 1. The number of aliphatic hydroxyl groups is 1. The van der Waals surface area contributed by atoms with E-state index in [2.05, 4.69) is 12.0 Å². The van der Waals surface area contributed by atoms with Crippen molar-refractivity contribution in [2.45, 2.75) is 56.7 Å². The Hall–Kier alpha value is -1.54. The second-order valence-electron chi connectivity index (χ2n) is 8.73. The van der Waals surface area contributed by atoms with Crippen molar-refractivity contribution in [2.75, 3.05) is 20.5 Å². The SMILES string of the molecule is C#CC(COC)OCOc1ccc(CO)cc1C12CC3CC(CC(C3)C1)C2. The van der Waals surface area contributed by atoms with Crippen LogP contribution in [-0.2, 0) is 21.5 Å². The predicted octanol–water partition coefficient (Wildman–Crippen LogP) is 3.65. The van der Waals surface area contributed by atoms with E-state index in [1.807, 2.05) is 12.1 Å². The number of rotatable bonds is 8. The fourth-order valence-corrected chi connectivity index (χ4v) is 6.13. The van der Waals surface area contributed by atoms with Crippen molar-refractivity contribution in [1.29, 1.82) is 0 Å². The van der Waals surface area contributed by atoms with Crippen LogP contribution in [0.25, 0.3) is 0 Å². The van der Waals surface area contributed by atoms with Crippen LogP contribution in [0.5, 0.6) is 5.75 Å². The molecule has 27 heavy (non-hydrogen) atoms. The molecule has 4 heteroatoms. The van der Waals surface area contributed by atoms with Crippen molar-refractivity contribution in [3.8, 4) is 18.1 Å². The first-order valence-corrected chi connectivity index (χ1v) is 10.1. The van der Waals surface area contributed by atoms with E-state index >= 15 is 0 Å². The van der Waals surface area contributed by atoms with Gasteiger partial charge in [-0.3, -0.25) is 0 Å². The third-order valence-electron chi connectivity index (χ3n) is 6.82. The Morgan fingerprint density at radius 1 is 1.19 bits per heavy atom. The number of aliphatic hydroxyl groups excluding tert-OH is 1. The molecule has 0 aromatic heterocycles. The van der Waals surface area contributed by atoms with Crippen LogP contribution >= 0.6 is 0 Å². The molecule has 0 spiro atoms. The van der Waals surface area contributed by atoms with Crippen molar-refractivity contribution >= 4 is 0 Å². The van der Waals surface area contributed by atoms with Gasteiger partial charge in [-0.25, -0.2) is 0 Å². The van der Waals surface area contributed by atoms with E-state index in [9.17, 15) is 5.11 Å². The molecule has 0 saturated heterocycles. The van der Waals surface area contributed by atoms with Crippen LogP contribution < -0.4 is 4.74 Å². The van der Waals surface area contributed by atoms with Gasteiger partial charge in [0.05, 0.1) is 13.2 Å². The molecule has 0 amide bonds. The van der Waals surface area contributed by atoms with E-state index < -0.39 is 6.10 Å². The molecule has 0 aliphatic heterocycles. The van der Waals surface area contributed by atoms with Gasteiger partial charge in [0.15, 0.2) is 6.79 Å². The lowest BCUT2D eigenvalue weighted by Crippen LogP contribution is -2.48. The summed E-state index contributed by atoms with van der Waals surface area (Å²) in [6.07, 6.45) is 13.0. The Kier molecular flexibility index (Phi) is 5.45. The summed E-state index contributed by atoms with van der Waals surface area (Å²) in [6, 6.07) is 6.09.